The van der Waals surface area contributed by atoms with Gasteiger partial charge in [0.05, 0.1) is 36.7 Å². The van der Waals surface area contributed by atoms with Crippen molar-refractivity contribution < 1.29 is 24.6 Å². The van der Waals surface area contributed by atoms with E-state index in [1.807, 2.05) is 60.7 Å². The highest BCUT2D eigenvalue weighted by Crippen LogP contribution is 2.56. The molecular formula is C29H27NO6. The smallest absolute Gasteiger partial charge is 0.275 e. The molecule has 2 N–H and O–H groups in total. The fourth-order valence-electron chi connectivity index (χ4n) is 5.05. The highest BCUT2D eigenvalue weighted by Gasteiger charge is 2.58. The zero-order valence-electron chi connectivity index (χ0n) is 20.0. The minimum atomic E-state index is -2.19. The largest absolute Gasteiger partial charge is 0.497 e. The SMILES string of the molecule is COc1ccc(C(c2ccccc2)(c2ccccc2)C(O)(CO)c2ccccc2[N+](=O)[O-])c(OC)c1. The fourth-order valence-corrected chi connectivity index (χ4v) is 5.05. The lowest BCUT2D eigenvalue weighted by Crippen LogP contribution is -2.54. The Morgan fingerprint density at radius 2 is 1.33 bits per heavy atom. The molecule has 0 aliphatic carbocycles. The second-order valence-electron chi connectivity index (χ2n) is 8.34. The third-order valence-corrected chi connectivity index (χ3v) is 6.62. The number of nitro groups is 1. The number of nitrogens with zero attached hydrogens (tertiary/aromatic N) is 1. The summed E-state index contributed by atoms with van der Waals surface area (Å²) in [6, 6.07) is 29.4. The number of hydrogen-bond donors (Lipinski definition) is 2. The average Bonchev–Trinajstić information content (AvgIpc) is 2.94. The van der Waals surface area contributed by atoms with Crippen molar-refractivity contribution >= 4 is 5.69 Å². The summed E-state index contributed by atoms with van der Waals surface area (Å²) in [6.07, 6.45) is 0. The van der Waals surface area contributed by atoms with Gasteiger partial charge >= 0.3 is 0 Å². The molecule has 1 atom stereocenters. The van der Waals surface area contributed by atoms with Crippen LogP contribution in [0.25, 0.3) is 0 Å². The first-order valence-electron chi connectivity index (χ1n) is 11.3. The Bertz CT molecular complexity index is 1300. The first-order chi connectivity index (χ1) is 17.4. The number of aliphatic hydroxyl groups excluding tert-OH is 1. The van der Waals surface area contributed by atoms with E-state index >= 15 is 0 Å². The van der Waals surface area contributed by atoms with Crippen LogP contribution < -0.4 is 9.47 Å². The number of methoxy groups -OCH3 is 2. The number of para-hydroxylation sites is 1. The van der Waals surface area contributed by atoms with Gasteiger partial charge in [-0.1, -0.05) is 78.9 Å². The number of nitro benzene ring substituents is 1. The van der Waals surface area contributed by atoms with E-state index in [2.05, 4.69) is 0 Å². The van der Waals surface area contributed by atoms with Crippen LogP contribution in [-0.2, 0) is 11.0 Å². The van der Waals surface area contributed by atoms with Crippen LogP contribution in [0.3, 0.4) is 0 Å². The van der Waals surface area contributed by atoms with Gasteiger partial charge in [0.1, 0.15) is 17.1 Å². The maximum atomic E-state index is 12.7. The molecule has 4 rings (SSSR count). The van der Waals surface area contributed by atoms with E-state index in [9.17, 15) is 20.3 Å². The Hall–Kier alpha value is -4.20. The second-order valence-corrected chi connectivity index (χ2v) is 8.34. The van der Waals surface area contributed by atoms with Crippen LogP contribution in [0.1, 0.15) is 22.3 Å². The summed E-state index contributed by atoms with van der Waals surface area (Å²) < 4.78 is 11.2. The van der Waals surface area contributed by atoms with E-state index < -0.39 is 22.5 Å². The maximum Gasteiger partial charge on any atom is 0.275 e. The minimum Gasteiger partial charge on any atom is -0.497 e. The third kappa shape index (κ3) is 3.88. The van der Waals surface area contributed by atoms with Crippen LogP contribution in [0.15, 0.2) is 103 Å². The van der Waals surface area contributed by atoms with Gasteiger partial charge in [-0.3, -0.25) is 10.1 Å². The van der Waals surface area contributed by atoms with Gasteiger partial charge in [-0.25, -0.2) is 0 Å². The van der Waals surface area contributed by atoms with Gasteiger partial charge in [0, 0.05) is 17.7 Å². The van der Waals surface area contributed by atoms with Crippen LogP contribution in [0, 0.1) is 10.1 Å². The lowest BCUT2D eigenvalue weighted by Gasteiger charge is -2.48. The van der Waals surface area contributed by atoms with Gasteiger partial charge in [-0.05, 0) is 23.3 Å². The zero-order valence-corrected chi connectivity index (χ0v) is 20.0. The zero-order chi connectivity index (χ0) is 25.8. The van der Waals surface area contributed by atoms with Gasteiger partial charge in [-0.2, -0.15) is 0 Å². The number of ether oxygens (including phenoxy) is 2. The molecule has 0 bridgehead atoms. The Morgan fingerprint density at radius 1 is 0.778 bits per heavy atom. The molecule has 0 fully saturated rings. The molecule has 0 saturated carbocycles. The molecule has 0 aromatic heterocycles. The topological polar surface area (TPSA) is 102 Å². The summed E-state index contributed by atoms with van der Waals surface area (Å²) in [6.45, 7) is -0.823. The Labute approximate surface area is 209 Å². The summed E-state index contributed by atoms with van der Waals surface area (Å²) in [5, 5.41) is 35.8. The Balaban J connectivity index is 2.26. The maximum absolute atomic E-state index is 12.7. The summed E-state index contributed by atoms with van der Waals surface area (Å²) in [7, 11) is 3.04. The molecule has 0 amide bonds. The highest BCUT2D eigenvalue weighted by atomic mass is 16.6. The fraction of sp³-hybridized carbons (Fsp3) is 0.172. The van der Waals surface area contributed by atoms with Crippen molar-refractivity contribution in [2.75, 3.05) is 20.8 Å². The average molecular weight is 486 g/mol. The van der Waals surface area contributed by atoms with E-state index in [4.69, 9.17) is 9.47 Å². The monoisotopic (exact) mass is 485 g/mol. The number of rotatable bonds is 9. The van der Waals surface area contributed by atoms with Crippen LogP contribution in [-0.4, -0.2) is 36.0 Å². The molecule has 36 heavy (non-hydrogen) atoms. The molecule has 7 nitrogen and oxygen atoms in total. The number of hydrogen-bond acceptors (Lipinski definition) is 6. The molecular weight excluding hydrogens is 458 g/mol. The van der Waals surface area contributed by atoms with E-state index in [1.54, 1.807) is 24.3 Å². The normalized spacial score (nSPS) is 13.0. The predicted molar refractivity (Wildman–Crippen MR) is 136 cm³/mol. The van der Waals surface area contributed by atoms with E-state index in [-0.39, 0.29) is 11.3 Å². The first kappa shape index (κ1) is 24.9. The summed E-state index contributed by atoms with van der Waals surface area (Å²) in [5.41, 5.74) is -2.35. The van der Waals surface area contributed by atoms with Crippen molar-refractivity contribution in [1.29, 1.82) is 0 Å². The quantitative estimate of drug-likeness (QED) is 0.200. The van der Waals surface area contributed by atoms with Crippen molar-refractivity contribution in [2.45, 2.75) is 11.0 Å². The molecule has 4 aromatic rings. The van der Waals surface area contributed by atoms with Crippen molar-refractivity contribution in [3.63, 3.8) is 0 Å². The highest BCUT2D eigenvalue weighted by molar-refractivity contribution is 5.63. The second kappa shape index (κ2) is 10.2. The molecule has 7 heteroatoms. The van der Waals surface area contributed by atoms with Gasteiger partial charge in [0.15, 0.2) is 0 Å². The van der Waals surface area contributed by atoms with Crippen LogP contribution in [0.5, 0.6) is 11.5 Å². The number of aliphatic hydroxyl groups is 2. The molecule has 0 saturated heterocycles. The van der Waals surface area contributed by atoms with E-state index in [0.29, 0.717) is 28.2 Å². The lowest BCUT2D eigenvalue weighted by molar-refractivity contribution is -0.387. The molecule has 0 spiro atoms. The Morgan fingerprint density at radius 3 is 1.83 bits per heavy atom. The summed E-state index contributed by atoms with van der Waals surface area (Å²) >= 11 is 0. The molecule has 184 valence electrons. The van der Waals surface area contributed by atoms with Crippen molar-refractivity contribution in [3.8, 4) is 11.5 Å². The molecule has 0 radical (unpaired) electrons. The van der Waals surface area contributed by atoms with Gasteiger partial charge < -0.3 is 19.7 Å². The minimum absolute atomic E-state index is 0.0249. The third-order valence-electron chi connectivity index (χ3n) is 6.62. The van der Waals surface area contributed by atoms with Gasteiger partial charge in [0.25, 0.3) is 5.69 Å². The lowest BCUT2D eigenvalue weighted by atomic mass is 9.57. The Kier molecular flexibility index (Phi) is 7.05. The molecule has 0 aliphatic heterocycles. The van der Waals surface area contributed by atoms with E-state index in [1.165, 1.54) is 32.4 Å². The summed E-state index contributed by atoms with van der Waals surface area (Å²) in [4.78, 5) is 11.5. The van der Waals surface area contributed by atoms with Crippen LogP contribution >= 0.6 is 0 Å². The first-order valence-corrected chi connectivity index (χ1v) is 11.3. The van der Waals surface area contributed by atoms with Crippen molar-refractivity contribution in [2.24, 2.45) is 0 Å². The summed E-state index contributed by atoms with van der Waals surface area (Å²) in [5.74, 6) is 0.913. The van der Waals surface area contributed by atoms with Crippen LogP contribution in [0.4, 0.5) is 5.69 Å². The van der Waals surface area contributed by atoms with Crippen molar-refractivity contribution in [3.05, 3.63) is 135 Å². The molecule has 0 aliphatic rings. The molecule has 1 unspecified atom stereocenters. The number of benzene rings is 4. The van der Waals surface area contributed by atoms with Crippen LogP contribution in [0.2, 0.25) is 0 Å². The molecule has 4 aromatic carbocycles. The molecule has 0 heterocycles. The standard InChI is InChI=1S/C29H27NO6/c1-35-23-17-18-25(27(19-23)36-2)29(21-11-5-3-6-12-21,22-13-7-4-8-14-22)28(32,20-31)24-15-9-10-16-26(24)30(33)34/h3-19,31-32H,20H2,1-2H3. The van der Waals surface area contributed by atoms with Gasteiger partial charge in [-0.15, -0.1) is 0 Å². The van der Waals surface area contributed by atoms with Gasteiger partial charge in [0.2, 0.25) is 0 Å². The predicted octanol–water partition coefficient (Wildman–Crippen LogP) is 4.83. The van der Waals surface area contributed by atoms with E-state index in [0.717, 1.165) is 0 Å². The van der Waals surface area contributed by atoms with Crippen molar-refractivity contribution in [1.82, 2.24) is 0 Å².